The maximum Gasteiger partial charge on any atom is 0.407 e. The lowest BCUT2D eigenvalue weighted by Gasteiger charge is -2.19. The number of amides is 3. The van der Waals surface area contributed by atoms with E-state index in [1.807, 2.05) is 43.3 Å². The van der Waals surface area contributed by atoms with Gasteiger partial charge in [0.05, 0.1) is 0 Å². The number of nitrogens with one attached hydrogen (secondary N) is 3. The number of carbonyl (C=O) groups excluding carboxylic acids is 3. The van der Waals surface area contributed by atoms with Crippen molar-refractivity contribution in [1.82, 2.24) is 16.0 Å². The van der Waals surface area contributed by atoms with Gasteiger partial charge in [-0.3, -0.25) is 9.59 Å². The van der Waals surface area contributed by atoms with Crippen LogP contribution in [0.4, 0.5) is 4.79 Å². The number of ether oxygens (including phenoxy) is 1. The fourth-order valence-electron chi connectivity index (χ4n) is 2.52. The molecule has 0 aliphatic heterocycles. The first-order valence-corrected chi connectivity index (χ1v) is 12.9. The summed E-state index contributed by atoms with van der Waals surface area (Å²) in [6.45, 7) is 8.64. The van der Waals surface area contributed by atoms with Crippen LogP contribution in [0.1, 0.15) is 54.8 Å². The lowest BCUT2D eigenvalue weighted by molar-refractivity contribution is 0.0526. The van der Waals surface area contributed by atoms with E-state index in [4.69, 9.17) is 4.74 Å². The van der Waals surface area contributed by atoms with Crippen molar-refractivity contribution in [2.24, 2.45) is 0 Å². The highest BCUT2D eigenvalue weighted by Crippen LogP contribution is 2.37. The van der Waals surface area contributed by atoms with Crippen LogP contribution in [0.25, 0.3) is 0 Å². The van der Waals surface area contributed by atoms with Gasteiger partial charge in [-0.15, -0.1) is 0 Å². The second-order valence-corrected chi connectivity index (χ2v) is 10.4. The minimum absolute atomic E-state index is 0.0597. The lowest BCUT2D eigenvalue weighted by atomic mass is 10.2. The molecule has 0 aliphatic rings. The topological polar surface area (TPSA) is 96.5 Å². The normalized spacial score (nSPS) is 10.9. The average Bonchev–Trinajstić information content (AvgIpc) is 2.78. The molecule has 0 spiro atoms. The molecule has 33 heavy (non-hydrogen) atoms. The number of hydrogen-bond acceptors (Lipinski definition) is 6. The van der Waals surface area contributed by atoms with Crippen molar-refractivity contribution in [3.63, 3.8) is 0 Å². The van der Waals surface area contributed by atoms with E-state index in [0.717, 1.165) is 16.2 Å². The Hall–Kier alpha value is -2.65. The maximum atomic E-state index is 12.3. The third-order valence-corrected chi connectivity index (χ3v) is 6.50. The van der Waals surface area contributed by atoms with Crippen molar-refractivity contribution >= 4 is 39.5 Å². The van der Waals surface area contributed by atoms with Gasteiger partial charge in [0.15, 0.2) is 0 Å². The van der Waals surface area contributed by atoms with Crippen LogP contribution in [-0.4, -0.2) is 43.1 Å². The molecule has 2 rings (SSSR count). The van der Waals surface area contributed by atoms with Crippen molar-refractivity contribution in [2.75, 3.05) is 19.6 Å². The standard InChI is InChI=1S/C24H31N3O4S2/c1-5-14-25-21(28)17-6-10-19(11-7-17)32-33-20-12-8-18(9-13-20)22(29)26-15-16-27-23(30)31-24(2,3)4/h6-13H,5,14-16H2,1-4H3,(H,25,28)(H,26,29)(H,27,30). The van der Waals surface area contributed by atoms with Gasteiger partial charge in [0.25, 0.3) is 11.8 Å². The van der Waals surface area contributed by atoms with E-state index in [1.165, 1.54) is 0 Å². The number of rotatable bonds is 10. The molecule has 0 fully saturated rings. The van der Waals surface area contributed by atoms with Crippen molar-refractivity contribution in [3.05, 3.63) is 59.7 Å². The van der Waals surface area contributed by atoms with Crippen LogP contribution >= 0.6 is 21.6 Å². The first kappa shape index (κ1) is 26.6. The molecule has 3 amide bonds. The Morgan fingerprint density at radius 2 is 1.15 bits per heavy atom. The summed E-state index contributed by atoms with van der Waals surface area (Å²) in [7, 11) is 3.16. The highest BCUT2D eigenvalue weighted by atomic mass is 33.1. The van der Waals surface area contributed by atoms with Crippen LogP contribution < -0.4 is 16.0 Å². The van der Waals surface area contributed by atoms with Gasteiger partial charge >= 0.3 is 6.09 Å². The molecule has 0 atom stereocenters. The molecule has 0 aliphatic carbocycles. The Kier molecular flexibility index (Phi) is 10.6. The van der Waals surface area contributed by atoms with Crippen LogP contribution in [0.15, 0.2) is 58.3 Å². The molecule has 0 heterocycles. The smallest absolute Gasteiger partial charge is 0.407 e. The third-order valence-electron chi connectivity index (χ3n) is 4.08. The van der Waals surface area contributed by atoms with E-state index in [9.17, 15) is 14.4 Å². The van der Waals surface area contributed by atoms with E-state index in [2.05, 4.69) is 16.0 Å². The van der Waals surface area contributed by atoms with Crippen molar-refractivity contribution in [3.8, 4) is 0 Å². The van der Waals surface area contributed by atoms with Crippen molar-refractivity contribution in [1.29, 1.82) is 0 Å². The van der Waals surface area contributed by atoms with E-state index in [0.29, 0.717) is 24.2 Å². The van der Waals surface area contributed by atoms with E-state index in [-0.39, 0.29) is 18.4 Å². The molecule has 3 N–H and O–H groups in total. The Morgan fingerprint density at radius 3 is 1.58 bits per heavy atom. The maximum absolute atomic E-state index is 12.3. The largest absolute Gasteiger partial charge is 0.444 e. The Morgan fingerprint density at radius 1 is 0.727 bits per heavy atom. The van der Waals surface area contributed by atoms with E-state index >= 15 is 0 Å². The van der Waals surface area contributed by atoms with Gasteiger partial charge in [-0.05, 0) is 75.7 Å². The highest BCUT2D eigenvalue weighted by molar-refractivity contribution is 8.76. The zero-order valence-corrected chi connectivity index (χ0v) is 21.0. The summed E-state index contributed by atoms with van der Waals surface area (Å²) in [6, 6.07) is 14.8. The average molecular weight is 490 g/mol. The van der Waals surface area contributed by atoms with Crippen LogP contribution in [0.3, 0.4) is 0 Å². The summed E-state index contributed by atoms with van der Waals surface area (Å²) in [4.78, 5) is 37.9. The molecule has 178 valence electrons. The summed E-state index contributed by atoms with van der Waals surface area (Å²) in [5, 5.41) is 8.23. The molecular formula is C24H31N3O4S2. The van der Waals surface area contributed by atoms with Crippen LogP contribution in [-0.2, 0) is 4.74 Å². The van der Waals surface area contributed by atoms with Gasteiger partial charge in [-0.1, -0.05) is 28.5 Å². The van der Waals surface area contributed by atoms with Crippen LogP contribution in [0.2, 0.25) is 0 Å². The predicted molar refractivity (Wildman–Crippen MR) is 134 cm³/mol. The van der Waals surface area contributed by atoms with Gasteiger partial charge < -0.3 is 20.7 Å². The first-order chi connectivity index (χ1) is 15.7. The van der Waals surface area contributed by atoms with Gasteiger partial charge in [0, 0.05) is 40.6 Å². The monoisotopic (exact) mass is 489 g/mol. The predicted octanol–water partition coefficient (Wildman–Crippen LogP) is 4.88. The Balaban J connectivity index is 1.74. The van der Waals surface area contributed by atoms with E-state index in [1.54, 1.807) is 54.5 Å². The molecule has 0 saturated heterocycles. The number of benzene rings is 2. The van der Waals surface area contributed by atoms with Crippen molar-refractivity contribution in [2.45, 2.75) is 49.5 Å². The summed E-state index contributed by atoms with van der Waals surface area (Å²) in [6.07, 6.45) is 0.396. The Bertz CT molecular complexity index is 926. The quantitative estimate of drug-likeness (QED) is 0.325. The molecule has 7 nitrogen and oxygen atoms in total. The van der Waals surface area contributed by atoms with Crippen molar-refractivity contribution < 1.29 is 19.1 Å². The zero-order chi connectivity index (χ0) is 24.3. The summed E-state index contributed by atoms with van der Waals surface area (Å²) in [5.74, 6) is -0.266. The second kappa shape index (κ2) is 13.2. The highest BCUT2D eigenvalue weighted by Gasteiger charge is 2.15. The molecule has 2 aromatic carbocycles. The molecule has 0 aromatic heterocycles. The number of hydrogen-bond donors (Lipinski definition) is 3. The number of alkyl carbamates (subject to hydrolysis) is 1. The molecule has 9 heteroatoms. The van der Waals surface area contributed by atoms with Gasteiger partial charge in [0.2, 0.25) is 0 Å². The molecule has 0 unspecified atom stereocenters. The minimum atomic E-state index is -0.556. The minimum Gasteiger partial charge on any atom is -0.444 e. The molecule has 2 aromatic rings. The van der Waals surface area contributed by atoms with Gasteiger partial charge in [-0.2, -0.15) is 0 Å². The fraction of sp³-hybridized carbons (Fsp3) is 0.375. The van der Waals surface area contributed by atoms with Crippen LogP contribution in [0, 0.1) is 0 Å². The third kappa shape index (κ3) is 10.2. The molecule has 0 saturated carbocycles. The lowest BCUT2D eigenvalue weighted by Crippen LogP contribution is -2.37. The summed E-state index contributed by atoms with van der Waals surface area (Å²) >= 11 is 0. The SMILES string of the molecule is CCCNC(=O)c1ccc(SSc2ccc(C(=O)NCCNC(=O)OC(C)(C)C)cc2)cc1. The molecule has 0 bridgehead atoms. The van der Waals surface area contributed by atoms with Gasteiger partial charge in [-0.25, -0.2) is 4.79 Å². The molecular weight excluding hydrogens is 458 g/mol. The number of carbonyl (C=O) groups is 3. The first-order valence-electron chi connectivity index (χ1n) is 10.8. The zero-order valence-electron chi connectivity index (χ0n) is 19.4. The van der Waals surface area contributed by atoms with E-state index < -0.39 is 11.7 Å². The summed E-state index contributed by atoms with van der Waals surface area (Å²) in [5.41, 5.74) is 0.637. The molecule has 0 radical (unpaired) electrons. The fourth-order valence-corrected chi connectivity index (χ4v) is 4.45. The second-order valence-electron chi connectivity index (χ2n) is 8.16. The Labute approximate surface area is 203 Å². The van der Waals surface area contributed by atoms with Crippen LogP contribution in [0.5, 0.6) is 0 Å². The van der Waals surface area contributed by atoms with Gasteiger partial charge in [0.1, 0.15) is 5.60 Å². The summed E-state index contributed by atoms with van der Waals surface area (Å²) < 4.78 is 5.14.